The fourth-order valence-electron chi connectivity index (χ4n) is 5.02. The Hall–Kier alpha value is -4.19. The van der Waals surface area contributed by atoms with Gasteiger partial charge in [-0.1, -0.05) is 6.07 Å². The van der Waals surface area contributed by atoms with Crippen molar-refractivity contribution in [1.29, 1.82) is 0 Å². The zero-order valence-electron chi connectivity index (χ0n) is 19.4. The number of rotatable bonds is 5. The van der Waals surface area contributed by atoms with Crippen LogP contribution >= 0.6 is 0 Å². The number of fused-ring (bicyclic) bond motifs is 2. The monoisotopic (exact) mass is 494 g/mol. The van der Waals surface area contributed by atoms with Crippen LogP contribution in [0.3, 0.4) is 0 Å². The number of hydrogen-bond donors (Lipinski definition) is 3. The average molecular weight is 494 g/mol. The standard InChI is InChI=1S/C24H23FN6O5/c1-35-16-3-2-13-11-31(21(32)19(13)20(16)25)12-24(22(33)28-23(34)29-24)17-10-14-15(36-17)4-5-18(27-14)30-8-6-26-7-9-30/h2-5,10,26H,6-9,11-12H2,1H3,(H2,28,29,33,34)/t24-/m0/s1. The van der Waals surface area contributed by atoms with Gasteiger partial charge in [0, 0.05) is 38.8 Å². The molecular weight excluding hydrogens is 471 g/mol. The van der Waals surface area contributed by atoms with E-state index in [9.17, 15) is 18.8 Å². The molecule has 36 heavy (non-hydrogen) atoms. The molecule has 0 saturated carbocycles. The number of furan rings is 1. The minimum Gasteiger partial charge on any atom is -0.494 e. The zero-order valence-corrected chi connectivity index (χ0v) is 19.4. The highest BCUT2D eigenvalue weighted by atomic mass is 19.1. The molecule has 0 spiro atoms. The molecule has 1 atom stereocenters. The normalized spacial score (nSPS) is 21.7. The lowest BCUT2D eigenvalue weighted by Gasteiger charge is -2.28. The molecule has 3 aromatic rings. The Morgan fingerprint density at radius 2 is 1.97 bits per heavy atom. The number of aromatic nitrogens is 1. The Bertz CT molecular complexity index is 1420. The highest BCUT2D eigenvalue weighted by Crippen LogP contribution is 2.36. The number of ether oxygens (including phenoxy) is 1. The van der Waals surface area contributed by atoms with Crippen molar-refractivity contribution in [3.8, 4) is 5.75 Å². The number of methoxy groups -OCH3 is 1. The number of nitrogens with one attached hydrogen (secondary N) is 3. The van der Waals surface area contributed by atoms with Crippen LogP contribution in [0.2, 0.25) is 0 Å². The van der Waals surface area contributed by atoms with Crippen LogP contribution in [0.15, 0.2) is 34.7 Å². The van der Waals surface area contributed by atoms with Gasteiger partial charge in [0.1, 0.15) is 17.1 Å². The fraction of sp³-hybridized carbons (Fsp3) is 0.333. The van der Waals surface area contributed by atoms with Gasteiger partial charge in [-0.2, -0.15) is 0 Å². The summed E-state index contributed by atoms with van der Waals surface area (Å²) in [6, 6.07) is 7.56. The summed E-state index contributed by atoms with van der Waals surface area (Å²) in [5.41, 5.74) is -0.401. The molecule has 0 unspecified atom stereocenters. The summed E-state index contributed by atoms with van der Waals surface area (Å²) in [6.45, 7) is 3.12. The minimum absolute atomic E-state index is 0.0470. The summed E-state index contributed by atoms with van der Waals surface area (Å²) >= 11 is 0. The first-order chi connectivity index (χ1) is 17.4. The number of anilines is 1. The second-order valence-electron chi connectivity index (χ2n) is 8.99. The van der Waals surface area contributed by atoms with Crippen molar-refractivity contribution in [2.45, 2.75) is 12.1 Å². The second-order valence-corrected chi connectivity index (χ2v) is 8.99. The van der Waals surface area contributed by atoms with Crippen LogP contribution < -0.4 is 25.6 Å². The lowest BCUT2D eigenvalue weighted by atomic mass is 9.95. The van der Waals surface area contributed by atoms with Crippen LogP contribution in [-0.2, 0) is 16.9 Å². The molecule has 5 heterocycles. The van der Waals surface area contributed by atoms with Gasteiger partial charge in [-0.15, -0.1) is 0 Å². The van der Waals surface area contributed by atoms with Crippen molar-refractivity contribution in [1.82, 2.24) is 25.8 Å². The summed E-state index contributed by atoms with van der Waals surface area (Å²) in [5, 5.41) is 8.16. The van der Waals surface area contributed by atoms with E-state index in [1.807, 2.05) is 6.07 Å². The van der Waals surface area contributed by atoms with Crippen LogP contribution in [0.1, 0.15) is 21.7 Å². The fourth-order valence-corrected chi connectivity index (χ4v) is 5.02. The molecule has 186 valence electrons. The SMILES string of the molecule is COc1ccc2c(c1F)C(=O)N(C[C@@]1(c3cc4nc(N5CCNCC5)ccc4o3)NC(=O)NC1=O)C2. The van der Waals surface area contributed by atoms with Gasteiger partial charge >= 0.3 is 6.03 Å². The van der Waals surface area contributed by atoms with Gasteiger partial charge in [-0.3, -0.25) is 14.9 Å². The summed E-state index contributed by atoms with van der Waals surface area (Å²) in [7, 11) is 1.32. The summed E-state index contributed by atoms with van der Waals surface area (Å²) in [5.74, 6) is -1.17. The molecule has 1 aromatic carbocycles. The maximum absolute atomic E-state index is 14.8. The molecule has 3 N–H and O–H groups in total. The maximum atomic E-state index is 14.8. The topological polar surface area (TPSA) is 129 Å². The molecule has 2 fully saturated rings. The molecule has 6 rings (SSSR count). The van der Waals surface area contributed by atoms with E-state index in [-0.39, 0.29) is 30.2 Å². The molecule has 3 aliphatic heterocycles. The predicted octanol–water partition coefficient (Wildman–Crippen LogP) is 1.08. The Balaban J connectivity index is 1.36. The van der Waals surface area contributed by atoms with E-state index in [4.69, 9.17) is 14.1 Å². The Labute approximate surface area is 204 Å². The van der Waals surface area contributed by atoms with Crippen molar-refractivity contribution in [3.05, 3.63) is 53.0 Å². The lowest BCUT2D eigenvalue weighted by molar-refractivity contribution is -0.125. The quantitative estimate of drug-likeness (QED) is 0.450. The third kappa shape index (κ3) is 3.36. The highest BCUT2D eigenvalue weighted by molar-refractivity contribution is 6.08. The third-order valence-electron chi connectivity index (χ3n) is 6.87. The van der Waals surface area contributed by atoms with Gasteiger partial charge in [0.05, 0.1) is 19.2 Å². The Kier molecular flexibility index (Phi) is 5.07. The Morgan fingerprint density at radius 1 is 1.17 bits per heavy atom. The van der Waals surface area contributed by atoms with Crippen LogP contribution in [0.4, 0.5) is 15.0 Å². The average Bonchev–Trinajstić information content (AvgIpc) is 3.53. The zero-order chi connectivity index (χ0) is 25.0. The largest absolute Gasteiger partial charge is 0.494 e. The molecule has 11 nitrogen and oxygen atoms in total. The second kappa shape index (κ2) is 8.19. The van der Waals surface area contributed by atoms with E-state index in [2.05, 4.69) is 20.9 Å². The number of carbonyl (C=O) groups is 3. The first kappa shape index (κ1) is 22.3. The van der Waals surface area contributed by atoms with Gasteiger partial charge < -0.3 is 29.6 Å². The number of halogens is 1. The van der Waals surface area contributed by atoms with Gasteiger partial charge in [0.15, 0.2) is 22.7 Å². The number of amides is 4. The Morgan fingerprint density at radius 3 is 2.69 bits per heavy atom. The van der Waals surface area contributed by atoms with Gasteiger partial charge in [-0.05, 0) is 23.8 Å². The third-order valence-corrected chi connectivity index (χ3v) is 6.87. The first-order valence-corrected chi connectivity index (χ1v) is 11.5. The molecule has 3 aliphatic rings. The number of benzene rings is 1. The lowest BCUT2D eigenvalue weighted by Crippen LogP contribution is -2.52. The van der Waals surface area contributed by atoms with Gasteiger partial charge in [-0.25, -0.2) is 14.2 Å². The molecule has 2 saturated heterocycles. The molecule has 2 aromatic heterocycles. The molecular formula is C24H23FN6O5. The van der Waals surface area contributed by atoms with E-state index < -0.39 is 29.2 Å². The molecule has 0 radical (unpaired) electrons. The molecule has 0 aliphatic carbocycles. The van der Waals surface area contributed by atoms with E-state index in [0.717, 1.165) is 32.0 Å². The van der Waals surface area contributed by atoms with Crippen molar-refractivity contribution >= 4 is 34.8 Å². The van der Waals surface area contributed by atoms with Gasteiger partial charge in [0.25, 0.3) is 11.8 Å². The predicted molar refractivity (Wildman–Crippen MR) is 125 cm³/mol. The smallest absolute Gasteiger partial charge is 0.322 e. The summed E-state index contributed by atoms with van der Waals surface area (Å²) < 4.78 is 25.8. The minimum atomic E-state index is -1.70. The van der Waals surface area contributed by atoms with Crippen molar-refractivity contribution in [2.75, 3.05) is 44.7 Å². The maximum Gasteiger partial charge on any atom is 0.322 e. The number of pyridine rings is 1. The van der Waals surface area contributed by atoms with Gasteiger partial charge in [0.2, 0.25) is 0 Å². The van der Waals surface area contributed by atoms with E-state index in [0.29, 0.717) is 16.7 Å². The summed E-state index contributed by atoms with van der Waals surface area (Å²) in [4.78, 5) is 46.7. The van der Waals surface area contributed by atoms with Crippen molar-refractivity contribution in [3.63, 3.8) is 0 Å². The first-order valence-electron chi connectivity index (χ1n) is 11.5. The van der Waals surface area contributed by atoms with Crippen molar-refractivity contribution in [2.24, 2.45) is 0 Å². The molecule has 12 heteroatoms. The van der Waals surface area contributed by atoms with Crippen LogP contribution in [0.25, 0.3) is 11.1 Å². The van der Waals surface area contributed by atoms with E-state index in [1.54, 1.807) is 18.2 Å². The number of imide groups is 1. The summed E-state index contributed by atoms with van der Waals surface area (Å²) in [6.07, 6.45) is 0. The molecule has 4 amide bonds. The highest BCUT2D eigenvalue weighted by Gasteiger charge is 2.53. The van der Waals surface area contributed by atoms with E-state index >= 15 is 0 Å². The number of hydrogen-bond acceptors (Lipinski definition) is 8. The van der Waals surface area contributed by atoms with Crippen LogP contribution in [0.5, 0.6) is 5.75 Å². The van der Waals surface area contributed by atoms with E-state index in [1.165, 1.54) is 18.1 Å². The van der Waals surface area contributed by atoms with Crippen LogP contribution in [0, 0.1) is 5.82 Å². The number of urea groups is 1. The number of nitrogens with zero attached hydrogens (tertiary/aromatic N) is 3. The molecule has 0 bridgehead atoms. The van der Waals surface area contributed by atoms with Crippen LogP contribution in [-0.4, -0.2) is 67.6 Å². The number of piperazine rings is 1. The van der Waals surface area contributed by atoms with Crippen molar-refractivity contribution < 1.29 is 27.9 Å². The number of carbonyl (C=O) groups excluding carboxylic acids is 3.